The highest BCUT2D eigenvalue weighted by Crippen LogP contribution is 2.19. The number of nitrogens with two attached hydrogens (primary N) is 1. The second kappa shape index (κ2) is 33.6. The molecule has 0 aliphatic heterocycles. The lowest BCUT2D eigenvalue weighted by Crippen LogP contribution is -2.23. The molecule has 0 fully saturated rings. The molecule has 0 rings (SSSR count). The van der Waals surface area contributed by atoms with E-state index in [1.54, 1.807) is 0 Å². The minimum Gasteiger partial charge on any atom is -0.369 e. The molecular formula is C38H69NO. The Hall–Kier alpha value is -1.57. The Morgan fingerprint density at radius 2 is 0.750 bits per heavy atom. The molecule has 0 atom stereocenters. The fourth-order valence-corrected chi connectivity index (χ4v) is 5.19. The molecule has 0 aromatic carbocycles. The Kier molecular flexibility index (Phi) is 32.3. The second-order valence-corrected chi connectivity index (χ2v) is 11.8. The van der Waals surface area contributed by atoms with Crippen LogP contribution in [0.1, 0.15) is 181 Å². The normalized spacial score (nSPS) is 12.4. The lowest BCUT2D eigenvalue weighted by atomic mass is 9.93. The molecule has 2 N–H and O–H groups in total. The van der Waals surface area contributed by atoms with Crippen molar-refractivity contribution in [2.45, 2.75) is 181 Å². The van der Waals surface area contributed by atoms with E-state index < -0.39 is 0 Å². The average molecular weight is 556 g/mol. The van der Waals surface area contributed by atoms with Gasteiger partial charge < -0.3 is 5.73 Å². The highest BCUT2D eigenvalue weighted by molar-refractivity contribution is 5.76. The quantitative estimate of drug-likeness (QED) is 0.0670. The average Bonchev–Trinajstić information content (AvgIpc) is 2.95. The number of unbranched alkanes of at least 4 members (excludes halogenated alkanes) is 18. The summed E-state index contributed by atoms with van der Waals surface area (Å²) < 4.78 is 0. The molecule has 0 unspecified atom stereocenters. The van der Waals surface area contributed by atoms with Crippen LogP contribution >= 0.6 is 0 Å². The molecule has 40 heavy (non-hydrogen) atoms. The molecule has 0 spiro atoms. The molecular weight excluding hydrogens is 486 g/mol. The van der Waals surface area contributed by atoms with E-state index in [9.17, 15) is 4.79 Å². The third kappa shape index (κ3) is 31.0. The Labute approximate surface area is 251 Å². The summed E-state index contributed by atoms with van der Waals surface area (Å²) in [5, 5.41) is 0. The van der Waals surface area contributed by atoms with E-state index in [1.165, 1.54) is 128 Å². The molecule has 0 saturated heterocycles. The summed E-state index contributed by atoms with van der Waals surface area (Å²) in [4.78, 5) is 11.9. The highest BCUT2D eigenvalue weighted by atomic mass is 16.1. The van der Waals surface area contributed by atoms with Crippen molar-refractivity contribution in [2.24, 2.45) is 11.7 Å². The highest BCUT2D eigenvalue weighted by Gasteiger charge is 2.14. The van der Waals surface area contributed by atoms with E-state index in [-0.39, 0.29) is 11.8 Å². The van der Waals surface area contributed by atoms with Crippen molar-refractivity contribution in [3.05, 3.63) is 48.6 Å². The van der Waals surface area contributed by atoms with Gasteiger partial charge in [0.15, 0.2) is 0 Å². The summed E-state index contributed by atoms with van der Waals surface area (Å²) >= 11 is 0. The van der Waals surface area contributed by atoms with Crippen LogP contribution in [0.25, 0.3) is 0 Å². The number of carbonyl (C=O) groups excluding carboxylic acids is 1. The standard InChI is InChI=1S/C38H69NO/c1-3-5-7-9-11-13-15-17-19-21-23-25-27-29-31-33-35-37(38(39)40)36-34-32-30-28-26-24-22-20-18-16-14-12-10-8-6-4-2/h11-14,17-20,37H,3-10,15-16,21-36H2,1-2H3,(H2,39,40)/b13-11-,14-12-,19-17-,20-18-. The number of amides is 1. The molecule has 2 nitrogen and oxygen atoms in total. The first kappa shape index (κ1) is 38.4. The third-order valence-corrected chi connectivity index (χ3v) is 7.91. The Bertz CT molecular complexity index is 581. The maximum atomic E-state index is 11.9. The van der Waals surface area contributed by atoms with Gasteiger partial charge in [-0.25, -0.2) is 0 Å². The third-order valence-electron chi connectivity index (χ3n) is 7.91. The van der Waals surface area contributed by atoms with Gasteiger partial charge in [0.25, 0.3) is 0 Å². The van der Waals surface area contributed by atoms with Gasteiger partial charge in [0.1, 0.15) is 0 Å². The number of hydrogen-bond acceptors (Lipinski definition) is 1. The maximum absolute atomic E-state index is 11.9. The van der Waals surface area contributed by atoms with Crippen molar-refractivity contribution >= 4 is 5.91 Å². The Balaban J connectivity index is 3.53. The van der Waals surface area contributed by atoms with Crippen molar-refractivity contribution in [3.8, 4) is 0 Å². The zero-order valence-electron chi connectivity index (χ0n) is 27.1. The van der Waals surface area contributed by atoms with Crippen LogP contribution in [0.2, 0.25) is 0 Å². The van der Waals surface area contributed by atoms with Gasteiger partial charge in [-0.05, 0) is 77.0 Å². The second-order valence-electron chi connectivity index (χ2n) is 11.8. The van der Waals surface area contributed by atoms with Gasteiger partial charge in [0.05, 0.1) is 0 Å². The van der Waals surface area contributed by atoms with E-state index in [1.807, 2.05) is 0 Å². The monoisotopic (exact) mass is 556 g/mol. The number of carbonyl (C=O) groups is 1. The van der Waals surface area contributed by atoms with Crippen LogP contribution in [-0.4, -0.2) is 5.91 Å². The molecule has 0 heterocycles. The fraction of sp³-hybridized carbons (Fsp3) is 0.763. The van der Waals surface area contributed by atoms with Crippen molar-refractivity contribution in [1.82, 2.24) is 0 Å². The molecule has 0 bridgehead atoms. The van der Waals surface area contributed by atoms with E-state index >= 15 is 0 Å². The van der Waals surface area contributed by atoms with Crippen molar-refractivity contribution in [2.75, 3.05) is 0 Å². The van der Waals surface area contributed by atoms with Gasteiger partial charge in [0, 0.05) is 5.92 Å². The Morgan fingerprint density at radius 1 is 0.450 bits per heavy atom. The number of hydrogen-bond donors (Lipinski definition) is 1. The summed E-state index contributed by atoms with van der Waals surface area (Å²) in [6.45, 7) is 4.51. The maximum Gasteiger partial charge on any atom is 0.220 e. The number of rotatable bonds is 31. The molecule has 0 aliphatic rings. The van der Waals surface area contributed by atoms with Crippen LogP contribution in [0.3, 0.4) is 0 Å². The van der Waals surface area contributed by atoms with Crippen LogP contribution in [-0.2, 0) is 4.79 Å². The van der Waals surface area contributed by atoms with Crippen molar-refractivity contribution < 1.29 is 4.79 Å². The molecule has 2 heteroatoms. The van der Waals surface area contributed by atoms with Crippen molar-refractivity contribution in [1.29, 1.82) is 0 Å². The summed E-state index contributed by atoms with van der Waals surface area (Å²) in [7, 11) is 0. The van der Waals surface area contributed by atoms with Gasteiger partial charge in [0.2, 0.25) is 5.91 Å². The SMILES string of the molecule is CCCCC/C=C\C/C=C\CCCCCCCCC(CCCCCCCC/C=C\C/C=C\CCCCC)C(N)=O. The molecule has 0 saturated carbocycles. The molecule has 1 amide bonds. The molecule has 232 valence electrons. The van der Waals surface area contributed by atoms with Crippen LogP contribution in [0, 0.1) is 5.92 Å². The lowest BCUT2D eigenvalue weighted by Gasteiger charge is -2.13. The van der Waals surface area contributed by atoms with Crippen LogP contribution in [0.15, 0.2) is 48.6 Å². The number of primary amides is 1. The van der Waals surface area contributed by atoms with Crippen molar-refractivity contribution in [3.63, 3.8) is 0 Å². The van der Waals surface area contributed by atoms with Crippen LogP contribution in [0.5, 0.6) is 0 Å². The molecule has 0 aliphatic carbocycles. The summed E-state index contributed by atoms with van der Waals surface area (Å²) in [6.07, 6.45) is 50.9. The van der Waals surface area contributed by atoms with Gasteiger partial charge in [-0.3, -0.25) is 4.79 Å². The lowest BCUT2D eigenvalue weighted by molar-refractivity contribution is -0.122. The van der Waals surface area contributed by atoms with E-state index in [0.717, 1.165) is 38.5 Å². The summed E-state index contributed by atoms with van der Waals surface area (Å²) in [5.74, 6) is 0.0156. The molecule has 0 aromatic rings. The minimum absolute atomic E-state index is 0.0785. The Morgan fingerprint density at radius 3 is 1.07 bits per heavy atom. The van der Waals surface area contributed by atoms with E-state index in [4.69, 9.17) is 5.73 Å². The smallest absolute Gasteiger partial charge is 0.220 e. The number of allylic oxidation sites excluding steroid dienone is 8. The predicted molar refractivity (Wildman–Crippen MR) is 181 cm³/mol. The van der Waals surface area contributed by atoms with Crippen LogP contribution in [0.4, 0.5) is 0 Å². The van der Waals surface area contributed by atoms with Gasteiger partial charge >= 0.3 is 0 Å². The summed E-state index contributed by atoms with van der Waals surface area (Å²) in [6, 6.07) is 0. The van der Waals surface area contributed by atoms with Gasteiger partial charge in [-0.1, -0.05) is 152 Å². The fourth-order valence-electron chi connectivity index (χ4n) is 5.19. The van der Waals surface area contributed by atoms with Crippen LogP contribution < -0.4 is 5.73 Å². The van der Waals surface area contributed by atoms with E-state index in [0.29, 0.717) is 0 Å². The minimum atomic E-state index is -0.0785. The predicted octanol–water partition coefficient (Wildman–Crippen LogP) is 12.5. The van der Waals surface area contributed by atoms with Gasteiger partial charge in [-0.2, -0.15) is 0 Å². The molecule has 0 aromatic heterocycles. The van der Waals surface area contributed by atoms with Gasteiger partial charge in [-0.15, -0.1) is 0 Å². The largest absolute Gasteiger partial charge is 0.369 e. The first-order valence-corrected chi connectivity index (χ1v) is 17.6. The molecule has 0 radical (unpaired) electrons. The van der Waals surface area contributed by atoms with E-state index in [2.05, 4.69) is 62.5 Å². The topological polar surface area (TPSA) is 43.1 Å². The zero-order valence-corrected chi connectivity index (χ0v) is 27.1. The first-order chi connectivity index (χ1) is 19.7. The summed E-state index contributed by atoms with van der Waals surface area (Å²) in [5.41, 5.74) is 5.71. The zero-order chi connectivity index (χ0) is 29.2. The first-order valence-electron chi connectivity index (χ1n) is 17.6.